The van der Waals surface area contributed by atoms with Crippen LogP contribution < -0.4 is 10.6 Å². The fraction of sp³-hybridized carbons (Fsp3) is 0.567. The van der Waals surface area contributed by atoms with Gasteiger partial charge in [0.2, 0.25) is 17.6 Å². The number of carbonyl (C=O) groups is 4. The number of halogens is 2. The van der Waals surface area contributed by atoms with E-state index in [9.17, 15) is 24.3 Å². The Balaban J connectivity index is 1.45. The molecule has 1 saturated heterocycles. The summed E-state index contributed by atoms with van der Waals surface area (Å²) in [6.07, 6.45) is 6.75. The zero-order valence-electron chi connectivity index (χ0n) is 25.3. The van der Waals surface area contributed by atoms with Crippen LogP contribution in [0.25, 0.3) is 11.4 Å². The summed E-state index contributed by atoms with van der Waals surface area (Å²) in [4.78, 5) is 55.8. The fourth-order valence-electron chi connectivity index (χ4n) is 5.87. The molecule has 3 amide bonds. The van der Waals surface area contributed by atoms with Gasteiger partial charge in [-0.05, 0) is 69.9 Å². The highest BCUT2D eigenvalue weighted by atomic mass is 35.5. The minimum Gasteiger partial charge on any atom is -0.479 e. The Kier molecular flexibility index (Phi) is 9.41. The molecule has 0 radical (unpaired) electrons. The van der Waals surface area contributed by atoms with E-state index in [1.807, 2.05) is 12.2 Å². The molecule has 3 aliphatic rings. The maximum atomic E-state index is 14.1. The summed E-state index contributed by atoms with van der Waals surface area (Å²) in [7, 11) is 0. The molecule has 1 aromatic heterocycles. The van der Waals surface area contributed by atoms with Gasteiger partial charge in [-0.3, -0.25) is 9.59 Å². The molecule has 2 fully saturated rings. The van der Waals surface area contributed by atoms with Crippen molar-refractivity contribution in [2.45, 2.75) is 95.0 Å². The van der Waals surface area contributed by atoms with Gasteiger partial charge >= 0.3 is 12.1 Å². The van der Waals surface area contributed by atoms with Crippen molar-refractivity contribution in [2.75, 3.05) is 6.54 Å². The molecule has 13 nitrogen and oxygen atoms in total. The summed E-state index contributed by atoms with van der Waals surface area (Å²) in [6.45, 7) is 5.21. The van der Waals surface area contributed by atoms with Gasteiger partial charge < -0.3 is 25.4 Å². The third-order valence-corrected chi connectivity index (χ3v) is 8.64. The number of allylic oxidation sites excluding steroid dienone is 1. The Morgan fingerprint density at radius 2 is 1.87 bits per heavy atom. The number of carbonyl (C=O) groups excluding carboxylic acids is 3. The van der Waals surface area contributed by atoms with Crippen molar-refractivity contribution < 1.29 is 29.0 Å². The number of benzene rings is 1. The quantitative estimate of drug-likeness (QED) is 0.407. The van der Waals surface area contributed by atoms with Crippen LogP contribution in [0.5, 0.6) is 0 Å². The second-order valence-electron chi connectivity index (χ2n) is 12.8. The highest BCUT2D eigenvalue weighted by Gasteiger charge is 2.61. The molecular weight excluding hydrogens is 625 g/mol. The molecule has 2 aromatic rings. The lowest BCUT2D eigenvalue weighted by molar-refractivity contribution is -0.145. The molecule has 0 bridgehead atoms. The first-order valence-corrected chi connectivity index (χ1v) is 15.8. The highest BCUT2D eigenvalue weighted by molar-refractivity contribution is 6.35. The molecule has 0 spiro atoms. The van der Waals surface area contributed by atoms with Crippen LogP contribution in [0.4, 0.5) is 4.79 Å². The normalized spacial score (nSPS) is 28.2. The molecule has 1 saturated carbocycles. The molecule has 1 aliphatic carbocycles. The lowest BCUT2D eigenvalue weighted by atomic mass is 10.0. The average Bonchev–Trinajstić information content (AvgIpc) is 3.26. The number of fused-ring (bicyclic) bond motifs is 2. The third-order valence-electron chi connectivity index (χ3n) is 8.20. The van der Waals surface area contributed by atoms with Crippen LogP contribution >= 0.6 is 23.2 Å². The van der Waals surface area contributed by atoms with E-state index in [0.717, 1.165) is 19.3 Å². The van der Waals surface area contributed by atoms with E-state index in [1.54, 1.807) is 39.0 Å². The number of ether oxygens (including phenoxy) is 1. The number of hydrogen-bond donors (Lipinski definition) is 3. The SMILES string of the molecule is CC(C)(C)OC(=O)N[C@H]1CCCCC/C=C\[C@H]2C[C@@]2(C(=O)O)NC(=O)[C@@H]2C[C@@H](n3nnc(-c4cc(Cl)cc(Cl)c4)n3)CN2C1=O. The van der Waals surface area contributed by atoms with Gasteiger partial charge in [0.25, 0.3) is 0 Å². The number of nitrogens with zero attached hydrogens (tertiary/aromatic N) is 5. The number of carboxylic acid groups (broad SMARTS) is 1. The van der Waals surface area contributed by atoms with E-state index in [-0.39, 0.29) is 31.1 Å². The largest absolute Gasteiger partial charge is 0.479 e. The molecule has 242 valence electrons. The summed E-state index contributed by atoms with van der Waals surface area (Å²) in [6, 6.07) is 2.27. The minimum atomic E-state index is -1.45. The molecule has 5 rings (SSSR count). The van der Waals surface area contributed by atoms with Gasteiger partial charge in [-0.15, -0.1) is 10.2 Å². The number of aromatic nitrogens is 4. The number of nitrogens with one attached hydrogen (secondary N) is 2. The van der Waals surface area contributed by atoms with Crippen molar-refractivity contribution in [3.05, 3.63) is 40.4 Å². The number of aliphatic carboxylic acids is 1. The minimum absolute atomic E-state index is 0.0267. The van der Waals surface area contributed by atoms with Gasteiger partial charge in [-0.25, -0.2) is 9.59 Å². The van der Waals surface area contributed by atoms with Gasteiger partial charge in [0, 0.05) is 34.5 Å². The zero-order chi connectivity index (χ0) is 32.5. The van der Waals surface area contributed by atoms with Gasteiger partial charge in [0.15, 0.2) is 0 Å². The van der Waals surface area contributed by atoms with Crippen LogP contribution in [-0.2, 0) is 19.1 Å². The summed E-state index contributed by atoms with van der Waals surface area (Å²) in [5, 5.41) is 29.1. The third kappa shape index (κ3) is 7.58. The smallest absolute Gasteiger partial charge is 0.408 e. The molecule has 2 aliphatic heterocycles. The second-order valence-corrected chi connectivity index (χ2v) is 13.7. The van der Waals surface area contributed by atoms with Crippen molar-refractivity contribution in [1.29, 1.82) is 0 Å². The van der Waals surface area contributed by atoms with Gasteiger partial charge in [0.1, 0.15) is 23.2 Å². The van der Waals surface area contributed by atoms with Crippen molar-refractivity contribution in [3.63, 3.8) is 0 Å². The van der Waals surface area contributed by atoms with Crippen molar-refractivity contribution >= 4 is 47.1 Å². The maximum absolute atomic E-state index is 14.1. The maximum Gasteiger partial charge on any atom is 0.408 e. The second kappa shape index (κ2) is 13.0. The molecule has 15 heteroatoms. The van der Waals surface area contributed by atoms with E-state index in [0.29, 0.717) is 28.5 Å². The molecular formula is C30H37Cl2N7O6. The zero-order valence-corrected chi connectivity index (χ0v) is 26.8. The molecule has 45 heavy (non-hydrogen) atoms. The Morgan fingerprint density at radius 1 is 1.13 bits per heavy atom. The lowest BCUT2D eigenvalue weighted by Crippen LogP contribution is -2.56. The van der Waals surface area contributed by atoms with Crippen LogP contribution in [-0.4, -0.2) is 83.9 Å². The predicted octanol–water partition coefficient (Wildman–Crippen LogP) is 4.16. The number of alkyl carbamates (subject to hydrolysis) is 1. The summed E-state index contributed by atoms with van der Waals surface area (Å²) >= 11 is 12.3. The number of amides is 3. The fourth-order valence-corrected chi connectivity index (χ4v) is 6.40. The number of tetrazole rings is 1. The molecule has 0 unspecified atom stereocenters. The number of hydrogen-bond acceptors (Lipinski definition) is 8. The lowest BCUT2D eigenvalue weighted by Gasteiger charge is -2.30. The Bertz CT molecular complexity index is 1490. The Labute approximate surface area is 270 Å². The first-order chi connectivity index (χ1) is 21.3. The molecule has 5 atom stereocenters. The summed E-state index contributed by atoms with van der Waals surface area (Å²) in [5.74, 6) is -2.31. The van der Waals surface area contributed by atoms with Crippen LogP contribution in [0, 0.1) is 5.92 Å². The monoisotopic (exact) mass is 661 g/mol. The van der Waals surface area contributed by atoms with Crippen LogP contribution in [0.15, 0.2) is 30.4 Å². The first kappa shape index (κ1) is 32.7. The molecule has 3 N–H and O–H groups in total. The van der Waals surface area contributed by atoms with Crippen molar-refractivity contribution in [1.82, 2.24) is 35.7 Å². The predicted molar refractivity (Wildman–Crippen MR) is 164 cm³/mol. The van der Waals surface area contributed by atoms with Gasteiger partial charge in [-0.1, -0.05) is 48.2 Å². The molecule has 3 heterocycles. The summed E-state index contributed by atoms with van der Waals surface area (Å²) in [5.41, 5.74) is -1.69. The van der Waals surface area contributed by atoms with E-state index in [1.165, 1.54) is 9.70 Å². The van der Waals surface area contributed by atoms with E-state index >= 15 is 0 Å². The average molecular weight is 663 g/mol. The van der Waals surface area contributed by atoms with Crippen molar-refractivity contribution in [3.8, 4) is 11.4 Å². The molecule has 1 aromatic carbocycles. The Morgan fingerprint density at radius 3 is 2.56 bits per heavy atom. The van der Waals surface area contributed by atoms with Crippen LogP contribution in [0.3, 0.4) is 0 Å². The van der Waals surface area contributed by atoms with Crippen LogP contribution in [0.2, 0.25) is 10.0 Å². The number of carboxylic acids is 1. The first-order valence-electron chi connectivity index (χ1n) is 15.0. The van der Waals surface area contributed by atoms with Crippen molar-refractivity contribution in [2.24, 2.45) is 5.92 Å². The van der Waals surface area contributed by atoms with Crippen LogP contribution in [0.1, 0.15) is 71.8 Å². The van der Waals surface area contributed by atoms with Gasteiger partial charge in [-0.2, -0.15) is 4.80 Å². The number of rotatable bonds is 4. The highest BCUT2D eigenvalue weighted by Crippen LogP contribution is 2.45. The topological polar surface area (TPSA) is 169 Å². The van der Waals surface area contributed by atoms with E-state index in [2.05, 4.69) is 26.0 Å². The van der Waals surface area contributed by atoms with Gasteiger partial charge in [0.05, 0.1) is 6.04 Å². The van der Waals surface area contributed by atoms with E-state index < -0.39 is 53.1 Å². The van der Waals surface area contributed by atoms with E-state index in [4.69, 9.17) is 27.9 Å². The standard InChI is InChI=1S/C30H37Cl2N7O6/c1-29(2,3)45-28(44)33-22-10-8-6-4-5-7-9-18-15-30(18,27(42)43)34-25(40)23-14-21(16-38(23)26(22)41)39-36-24(35-37-39)17-11-19(31)13-20(32)12-17/h7,9,11-13,18,21-23H,4-6,8,10,14-16H2,1-3H3,(H,33,44)(H,34,40)(H,42,43)/b9-7-/t18-,21+,22-,23-,30+/m0/s1. The Hall–Kier alpha value is -3.71. The summed E-state index contributed by atoms with van der Waals surface area (Å²) < 4.78 is 5.43.